The number of nitrogens with zero attached hydrogens (tertiary/aromatic N) is 1. The van der Waals surface area contributed by atoms with Gasteiger partial charge in [0.05, 0.1) is 11.8 Å². The van der Waals surface area contributed by atoms with Crippen LogP contribution in [0.15, 0.2) is 18.2 Å². The Kier molecular flexibility index (Phi) is 5.61. The minimum atomic E-state index is -1.50. The number of aliphatic hydroxyl groups excluding tert-OH is 1. The van der Waals surface area contributed by atoms with E-state index in [9.17, 15) is 24.3 Å². The molecule has 0 fully saturated rings. The number of carbonyl (C=O) groups is 4. The first kappa shape index (κ1) is 19.4. The van der Waals surface area contributed by atoms with E-state index < -0.39 is 42.6 Å². The second kappa shape index (κ2) is 7.52. The van der Waals surface area contributed by atoms with Gasteiger partial charge >= 0.3 is 5.97 Å². The number of Topliss-reactive ketones (excluding diaryl/α,β-unsaturated/α-hetero) is 1. The molecule has 9 heteroatoms. The number of fused-ring (bicyclic) bond motifs is 1. The average Bonchev–Trinajstić information content (AvgIpc) is 2.55. The second-order valence-corrected chi connectivity index (χ2v) is 6.05. The van der Waals surface area contributed by atoms with E-state index in [0.717, 1.165) is 4.90 Å². The van der Waals surface area contributed by atoms with Crippen LogP contribution in [0.4, 0.5) is 5.69 Å². The van der Waals surface area contributed by atoms with Crippen molar-refractivity contribution in [2.75, 3.05) is 11.4 Å². The number of anilines is 1. The molecule has 0 saturated heterocycles. The van der Waals surface area contributed by atoms with Crippen LogP contribution in [0.2, 0.25) is 0 Å². The number of rotatable bonds is 6. The van der Waals surface area contributed by atoms with Crippen molar-refractivity contribution in [2.24, 2.45) is 0 Å². The first-order chi connectivity index (χ1) is 12.1. The van der Waals surface area contributed by atoms with Crippen molar-refractivity contribution >= 4 is 29.3 Å². The number of nitrogens with one attached hydrogen (secondary N) is 1. The van der Waals surface area contributed by atoms with Gasteiger partial charge in [-0.05, 0) is 39.0 Å². The number of aliphatic carboxylic acids is 1. The molecule has 3 atom stereocenters. The van der Waals surface area contributed by atoms with Crippen LogP contribution < -0.4 is 15.0 Å². The maximum absolute atomic E-state index is 12.4. The maximum Gasteiger partial charge on any atom is 0.328 e. The van der Waals surface area contributed by atoms with Crippen molar-refractivity contribution in [3.8, 4) is 5.75 Å². The molecule has 1 aliphatic heterocycles. The van der Waals surface area contributed by atoms with Gasteiger partial charge < -0.3 is 20.3 Å². The van der Waals surface area contributed by atoms with Crippen molar-refractivity contribution in [3.63, 3.8) is 0 Å². The molecule has 3 unspecified atom stereocenters. The van der Waals surface area contributed by atoms with Crippen LogP contribution in [0.3, 0.4) is 0 Å². The van der Waals surface area contributed by atoms with E-state index in [2.05, 4.69) is 5.32 Å². The Labute approximate surface area is 149 Å². The Hall–Kier alpha value is -2.94. The summed E-state index contributed by atoms with van der Waals surface area (Å²) in [6.07, 6.45) is -2.15. The number of aliphatic hydroxyl groups is 1. The quantitative estimate of drug-likeness (QED) is 0.603. The Bertz CT molecular complexity index is 759. The number of hydrogen-bond acceptors (Lipinski definition) is 6. The number of benzene rings is 1. The summed E-state index contributed by atoms with van der Waals surface area (Å²) in [6, 6.07) is 3.03. The van der Waals surface area contributed by atoms with E-state index in [4.69, 9.17) is 9.84 Å². The fourth-order valence-electron chi connectivity index (χ4n) is 2.54. The van der Waals surface area contributed by atoms with Crippen molar-refractivity contribution in [1.29, 1.82) is 0 Å². The molecule has 1 aliphatic rings. The molecule has 0 bridgehead atoms. The Morgan fingerprint density at radius 1 is 1.35 bits per heavy atom. The summed E-state index contributed by atoms with van der Waals surface area (Å²) in [5.74, 6) is -2.55. The summed E-state index contributed by atoms with van der Waals surface area (Å²) in [5.41, 5.74) is 0.590. The van der Waals surface area contributed by atoms with Gasteiger partial charge in [-0.2, -0.15) is 0 Å². The first-order valence-corrected chi connectivity index (χ1v) is 7.95. The highest BCUT2D eigenvalue weighted by molar-refractivity contribution is 6.05. The van der Waals surface area contributed by atoms with E-state index in [-0.39, 0.29) is 11.5 Å². The molecule has 0 aromatic heterocycles. The lowest BCUT2D eigenvalue weighted by atomic mass is 10.1. The number of carbonyl (C=O) groups excluding carboxylic acids is 3. The molecule has 0 radical (unpaired) electrons. The fraction of sp³-hybridized carbons (Fsp3) is 0.412. The maximum atomic E-state index is 12.4. The average molecular weight is 364 g/mol. The molecule has 3 N–H and O–H groups in total. The summed E-state index contributed by atoms with van der Waals surface area (Å²) in [4.78, 5) is 48.5. The zero-order valence-corrected chi connectivity index (χ0v) is 14.6. The Balaban J connectivity index is 2.29. The largest absolute Gasteiger partial charge is 0.480 e. The van der Waals surface area contributed by atoms with Crippen molar-refractivity contribution in [2.45, 2.75) is 39.0 Å². The predicted molar refractivity (Wildman–Crippen MR) is 90.1 cm³/mol. The van der Waals surface area contributed by atoms with Gasteiger partial charge in [-0.1, -0.05) is 0 Å². The number of amides is 2. The van der Waals surface area contributed by atoms with Gasteiger partial charge in [0.15, 0.2) is 17.9 Å². The molecule has 9 nitrogen and oxygen atoms in total. The van der Waals surface area contributed by atoms with Gasteiger partial charge in [0, 0.05) is 5.56 Å². The normalized spacial score (nSPS) is 18.4. The van der Waals surface area contributed by atoms with Gasteiger partial charge in [0.2, 0.25) is 5.91 Å². The van der Waals surface area contributed by atoms with Gasteiger partial charge in [-0.3, -0.25) is 19.3 Å². The summed E-state index contributed by atoms with van der Waals surface area (Å²) in [6.45, 7) is 3.64. The molecule has 2 amide bonds. The summed E-state index contributed by atoms with van der Waals surface area (Å²) >= 11 is 0. The smallest absolute Gasteiger partial charge is 0.328 e. The SMILES string of the molecule is CC(=O)c1ccc2c(c1)N(CC(=O)NC(C(=O)O)C(C)O)C(=O)C(C)O2. The molecular formula is C17H20N2O7. The monoisotopic (exact) mass is 364 g/mol. The van der Waals surface area contributed by atoms with Gasteiger partial charge in [-0.15, -0.1) is 0 Å². The van der Waals surface area contributed by atoms with Crippen LogP contribution in [0.1, 0.15) is 31.1 Å². The Morgan fingerprint density at radius 3 is 2.54 bits per heavy atom. The van der Waals surface area contributed by atoms with Crippen molar-refractivity contribution in [3.05, 3.63) is 23.8 Å². The molecule has 0 spiro atoms. The zero-order valence-electron chi connectivity index (χ0n) is 14.6. The highest BCUT2D eigenvalue weighted by atomic mass is 16.5. The molecule has 1 aromatic carbocycles. The van der Waals surface area contributed by atoms with Gasteiger partial charge in [-0.25, -0.2) is 4.79 Å². The van der Waals surface area contributed by atoms with Crippen molar-refractivity contribution in [1.82, 2.24) is 5.32 Å². The highest BCUT2D eigenvalue weighted by Gasteiger charge is 2.34. The molecule has 26 heavy (non-hydrogen) atoms. The van der Waals surface area contributed by atoms with E-state index >= 15 is 0 Å². The van der Waals surface area contributed by atoms with Crippen LogP contribution >= 0.6 is 0 Å². The number of carboxylic acid groups (broad SMARTS) is 1. The highest BCUT2D eigenvalue weighted by Crippen LogP contribution is 2.34. The van der Waals surface area contributed by atoms with E-state index in [1.54, 1.807) is 6.07 Å². The molecule has 140 valence electrons. The number of ketones is 1. The third-order valence-corrected chi connectivity index (χ3v) is 3.94. The van der Waals surface area contributed by atoms with Gasteiger partial charge in [0.1, 0.15) is 12.3 Å². The minimum Gasteiger partial charge on any atom is -0.480 e. The van der Waals surface area contributed by atoms with Crippen LogP contribution in [-0.4, -0.2) is 58.6 Å². The number of hydrogen-bond donors (Lipinski definition) is 3. The van der Waals surface area contributed by atoms with Crippen LogP contribution in [0.5, 0.6) is 5.75 Å². The third kappa shape index (κ3) is 3.99. The Morgan fingerprint density at radius 2 is 2.00 bits per heavy atom. The summed E-state index contributed by atoms with van der Waals surface area (Å²) in [7, 11) is 0. The third-order valence-electron chi connectivity index (χ3n) is 3.94. The lowest BCUT2D eigenvalue weighted by molar-refractivity contribution is -0.144. The van der Waals surface area contributed by atoms with Crippen LogP contribution in [-0.2, 0) is 14.4 Å². The van der Waals surface area contributed by atoms with E-state index in [1.807, 2.05) is 0 Å². The zero-order chi connectivity index (χ0) is 19.6. The minimum absolute atomic E-state index is 0.219. The first-order valence-electron chi connectivity index (χ1n) is 7.95. The molecule has 0 aliphatic carbocycles. The summed E-state index contributed by atoms with van der Waals surface area (Å²) < 4.78 is 5.48. The summed E-state index contributed by atoms with van der Waals surface area (Å²) in [5, 5.41) is 20.7. The molecular weight excluding hydrogens is 344 g/mol. The number of carboxylic acids is 1. The second-order valence-electron chi connectivity index (χ2n) is 6.05. The van der Waals surface area contributed by atoms with E-state index in [0.29, 0.717) is 11.3 Å². The predicted octanol–water partition coefficient (Wildman–Crippen LogP) is -0.0467. The van der Waals surface area contributed by atoms with Gasteiger partial charge in [0.25, 0.3) is 5.91 Å². The lowest BCUT2D eigenvalue weighted by Crippen LogP contribution is -2.53. The molecule has 1 aromatic rings. The standard InChI is InChI=1S/C17H20N2O7/c1-8(20)11-4-5-13-12(6-11)19(16(23)10(3)26-13)7-14(22)18-15(9(2)21)17(24)25/h4-6,9-10,15,21H,7H2,1-3H3,(H,18,22)(H,24,25). The van der Waals surface area contributed by atoms with Crippen LogP contribution in [0.25, 0.3) is 0 Å². The van der Waals surface area contributed by atoms with Crippen LogP contribution in [0, 0.1) is 0 Å². The van der Waals surface area contributed by atoms with E-state index in [1.165, 1.54) is 32.9 Å². The fourth-order valence-corrected chi connectivity index (χ4v) is 2.54. The van der Waals surface area contributed by atoms with Crippen molar-refractivity contribution < 1.29 is 34.1 Å². The number of ether oxygens (including phenoxy) is 1. The topological polar surface area (TPSA) is 133 Å². The molecule has 0 saturated carbocycles. The molecule has 2 rings (SSSR count). The molecule has 1 heterocycles. The lowest BCUT2D eigenvalue weighted by Gasteiger charge is -2.33.